The van der Waals surface area contributed by atoms with Gasteiger partial charge in [0.25, 0.3) is 0 Å². The molecular formula is C28H42FN5O3. The first-order chi connectivity index (χ1) is 18.0. The summed E-state index contributed by atoms with van der Waals surface area (Å²) in [7, 11) is 0. The van der Waals surface area contributed by atoms with E-state index in [1.54, 1.807) is 4.57 Å². The quantitative estimate of drug-likeness (QED) is 0.115. The Morgan fingerprint density at radius 3 is 2.38 bits per heavy atom. The summed E-state index contributed by atoms with van der Waals surface area (Å²) in [6.07, 6.45) is 23.5. The van der Waals surface area contributed by atoms with E-state index in [1.807, 2.05) is 0 Å². The van der Waals surface area contributed by atoms with Crippen molar-refractivity contribution < 1.29 is 18.7 Å². The number of anilines is 1. The minimum Gasteiger partial charge on any atom is -0.462 e. The van der Waals surface area contributed by atoms with Crippen molar-refractivity contribution in [2.75, 3.05) is 12.3 Å². The first-order valence-electron chi connectivity index (χ1n) is 13.9. The van der Waals surface area contributed by atoms with E-state index in [2.05, 4.69) is 27.8 Å². The minimum absolute atomic E-state index is 0.0185. The molecule has 0 bridgehead atoms. The maximum Gasteiger partial charge on any atom is 0.312 e. The van der Waals surface area contributed by atoms with E-state index in [4.69, 9.17) is 21.6 Å². The van der Waals surface area contributed by atoms with Crippen LogP contribution in [0.5, 0.6) is 0 Å². The van der Waals surface area contributed by atoms with Crippen LogP contribution in [0.4, 0.5) is 10.2 Å². The van der Waals surface area contributed by atoms with Crippen LogP contribution < -0.4 is 5.73 Å². The van der Waals surface area contributed by atoms with Crippen molar-refractivity contribution >= 4 is 23.0 Å². The standard InChI is InChI=1S/C28H42FN5O3/c1-3-5-6-7-8-9-10-11-12-13-14-15-16-17-23(35)36-20-28(4-2)19-18-22(37-28)34-21-31-24-25(30)32-27(29)33-26(24)34/h2,21-22H,3,5-20H2,1H3,(H2,30,32,33). The van der Waals surface area contributed by atoms with Crippen molar-refractivity contribution in [2.45, 2.75) is 121 Å². The molecule has 1 saturated heterocycles. The molecule has 9 heteroatoms. The second kappa shape index (κ2) is 14.9. The van der Waals surface area contributed by atoms with Crippen molar-refractivity contribution in [2.24, 2.45) is 0 Å². The van der Waals surface area contributed by atoms with Crippen LogP contribution in [-0.2, 0) is 14.3 Å². The van der Waals surface area contributed by atoms with Crippen molar-refractivity contribution in [3.05, 3.63) is 12.4 Å². The first kappa shape index (κ1) is 28.8. The molecule has 0 amide bonds. The van der Waals surface area contributed by atoms with Gasteiger partial charge in [-0.15, -0.1) is 6.42 Å². The molecule has 2 N–H and O–H groups in total. The van der Waals surface area contributed by atoms with E-state index in [1.165, 1.54) is 70.5 Å². The van der Waals surface area contributed by atoms with Crippen LogP contribution >= 0.6 is 0 Å². The van der Waals surface area contributed by atoms with Crippen molar-refractivity contribution in [3.63, 3.8) is 0 Å². The summed E-state index contributed by atoms with van der Waals surface area (Å²) in [4.78, 5) is 23.7. The van der Waals surface area contributed by atoms with Crippen LogP contribution in [0.15, 0.2) is 6.33 Å². The van der Waals surface area contributed by atoms with Crippen LogP contribution in [0.3, 0.4) is 0 Å². The van der Waals surface area contributed by atoms with Gasteiger partial charge in [0, 0.05) is 6.42 Å². The zero-order chi connectivity index (χ0) is 26.5. The number of aromatic nitrogens is 4. The van der Waals surface area contributed by atoms with Gasteiger partial charge in [0.2, 0.25) is 0 Å². The smallest absolute Gasteiger partial charge is 0.312 e. The molecule has 0 spiro atoms. The lowest BCUT2D eigenvalue weighted by molar-refractivity contribution is -0.152. The van der Waals surface area contributed by atoms with E-state index in [9.17, 15) is 9.18 Å². The van der Waals surface area contributed by atoms with E-state index >= 15 is 0 Å². The summed E-state index contributed by atoms with van der Waals surface area (Å²) in [5.74, 6) is 2.35. The third-order valence-electron chi connectivity index (χ3n) is 7.10. The zero-order valence-corrected chi connectivity index (χ0v) is 22.2. The Bertz CT molecular complexity index is 1040. The predicted molar refractivity (Wildman–Crippen MR) is 142 cm³/mol. The fraction of sp³-hybridized carbons (Fsp3) is 0.714. The largest absolute Gasteiger partial charge is 0.462 e. The fourth-order valence-corrected chi connectivity index (χ4v) is 4.86. The third-order valence-corrected chi connectivity index (χ3v) is 7.10. The molecule has 1 fully saturated rings. The van der Waals surface area contributed by atoms with Gasteiger partial charge in [0.1, 0.15) is 12.8 Å². The van der Waals surface area contributed by atoms with Crippen LogP contribution in [0, 0.1) is 18.4 Å². The number of terminal acetylenes is 1. The molecule has 3 rings (SSSR count). The van der Waals surface area contributed by atoms with Gasteiger partial charge >= 0.3 is 12.0 Å². The lowest BCUT2D eigenvalue weighted by Crippen LogP contribution is -2.34. The highest BCUT2D eigenvalue weighted by Crippen LogP contribution is 2.38. The van der Waals surface area contributed by atoms with E-state index in [-0.39, 0.29) is 24.0 Å². The number of imidazole rings is 1. The Morgan fingerprint density at radius 2 is 1.76 bits per heavy atom. The van der Waals surface area contributed by atoms with E-state index in [0.717, 1.165) is 19.3 Å². The Kier molecular flexibility index (Phi) is 11.6. The van der Waals surface area contributed by atoms with Gasteiger partial charge < -0.3 is 15.2 Å². The Labute approximate surface area is 219 Å². The molecule has 1 aliphatic heterocycles. The molecule has 0 aromatic carbocycles. The number of hydrogen-bond acceptors (Lipinski definition) is 7. The minimum atomic E-state index is -1.04. The molecule has 0 aliphatic carbocycles. The molecule has 0 saturated carbocycles. The zero-order valence-electron chi connectivity index (χ0n) is 22.2. The molecule has 204 valence electrons. The summed E-state index contributed by atoms with van der Waals surface area (Å²) in [5.41, 5.74) is 5.24. The molecule has 2 aromatic heterocycles. The van der Waals surface area contributed by atoms with Gasteiger partial charge in [-0.3, -0.25) is 9.36 Å². The molecular weight excluding hydrogens is 473 g/mol. The number of nitrogen functional groups attached to an aromatic ring is 1. The van der Waals surface area contributed by atoms with Gasteiger partial charge in [0.05, 0.1) is 6.33 Å². The number of carbonyl (C=O) groups excluding carboxylic acids is 1. The molecule has 37 heavy (non-hydrogen) atoms. The summed E-state index contributed by atoms with van der Waals surface area (Å²) in [6, 6.07) is 0. The monoisotopic (exact) mass is 515 g/mol. The average Bonchev–Trinajstić information content (AvgIpc) is 3.50. The molecule has 3 heterocycles. The molecule has 2 aromatic rings. The number of unbranched alkanes of at least 4 members (excludes halogenated alkanes) is 12. The Balaban J connectivity index is 1.29. The number of nitrogens with two attached hydrogens (primary N) is 1. The Hall–Kier alpha value is -2.73. The molecule has 8 nitrogen and oxygen atoms in total. The lowest BCUT2D eigenvalue weighted by Gasteiger charge is -2.23. The first-order valence-corrected chi connectivity index (χ1v) is 13.9. The van der Waals surface area contributed by atoms with Crippen LogP contribution in [0.1, 0.15) is 116 Å². The second-order valence-corrected chi connectivity index (χ2v) is 10.1. The number of hydrogen-bond donors (Lipinski definition) is 1. The highest BCUT2D eigenvalue weighted by Gasteiger charge is 2.41. The SMILES string of the molecule is C#CC1(COC(=O)CCCCCCCCCCCCCCC)CCC(n2cnc3c(N)nc(F)nc32)O1. The van der Waals surface area contributed by atoms with Crippen LogP contribution in [-0.4, -0.2) is 37.7 Å². The number of esters is 1. The summed E-state index contributed by atoms with van der Waals surface area (Å²) < 4.78 is 26.8. The number of nitrogens with zero attached hydrogens (tertiary/aromatic N) is 4. The highest BCUT2D eigenvalue weighted by atomic mass is 19.1. The van der Waals surface area contributed by atoms with Gasteiger partial charge in [-0.05, 0) is 19.3 Å². The fourth-order valence-electron chi connectivity index (χ4n) is 4.86. The number of rotatable bonds is 17. The van der Waals surface area contributed by atoms with Gasteiger partial charge in [-0.2, -0.15) is 14.4 Å². The van der Waals surface area contributed by atoms with E-state index in [0.29, 0.717) is 24.8 Å². The summed E-state index contributed by atoms with van der Waals surface area (Å²) >= 11 is 0. The number of halogens is 1. The number of fused-ring (bicyclic) bond motifs is 1. The topological polar surface area (TPSA) is 105 Å². The maximum atomic E-state index is 13.7. The van der Waals surface area contributed by atoms with Gasteiger partial charge in [0.15, 0.2) is 22.6 Å². The van der Waals surface area contributed by atoms with Gasteiger partial charge in [-0.1, -0.05) is 89.9 Å². The maximum absolute atomic E-state index is 13.7. The number of ether oxygens (including phenoxy) is 2. The normalized spacial score (nSPS) is 19.3. The third kappa shape index (κ3) is 8.67. The Morgan fingerprint density at radius 1 is 1.14 bits per heavy atom. The molecule has 2 atom stereocenters. The summed E-state index contributed by atoms with van der Waals surface area (Å²) in [5, 5.41) is 0. The van der Waals surface area contributed by atoms with Crippen LogP contribution in [0.2, 0.25) is 0 Å². The number of carbonyl (C=O) groups is 1. The average molecular weight is 516 g/mol. The van der Waals surface area contributed by atoms with Crippen molar-refractivity contribution in [1.29, 1.82) is 0 Å². The lowest BCUT2D eigenvalue weighted by atomic mass is 10.0. The predicted octanol–water partition coefficient (Wildman–Crippen LogP) is 6.25. The van der Waals surface area contributed by atoms with E-state index < -0.39 is 17.9 Å². The molecule has 2 unspecified atom stereocenters. The highest BCUT2D eigenvalue weighted by molar-refractivity contribution is 5.81. The molecule has 0 radical (unpaired) electrons. The van der Waals surface area contributed by atoms with Crippen molar-refractivity contribution in [1.82, 2.24) is 19.5 Å². The second-order valence-electron chi connectivity index (χ2n) is 10.1. The van der Waals surface area contributed by atoms with Gasteiger partial charge in [-0.25, -0.2) is 4.98 Å². The van der Waals surface area contributed by atoms with Crippen molar-refractivity contribution in [3.8, 4) is 12.3 Å². The summed E-state index contributed by atoms with van der Waals surface area (Å²) in [6.45, 7) is 2.23. The van der Waals surface area contributed by atoms with Crippen LogP contribution in [0.25, 0.3) is 11.2 Å². The molecule has 1 aliphatic rings.